The van der Waals surface area contributed by atoms with Gasteiger partial charge in [0.2, 0.25) is 5.91 Å². The number of nitrogens with one attached hydrogen (secondary N) is 1. The van der Waals surface area contributed by atoms with Gasteiger partial charge in [-0.2, -0.15) is 0 Å². The summed E-state index contributed by atoms with van der Waals surface area (Å²) in [6, 6.07) is 9.55. The van der Waals surface area contributed by atoms with E-state index in [9.17, 15) is 19.1 Å². The van der Waals surface area contributed by atoms with Crippen LogP contribution >= 0.6 is 23.2 Å². The number of aliphatic carboxylic acids is 1. The molecule has 1 atom stereocenters. The Bertz CT molecular complexity index is 1160. The number of carbonyl (C=O) groups excluding carboxylic acids is 1. The van der Waals surface area contributed by atoms with Crippen LogP contribution in [0.5, 0.6) is 0 Å². The number of hydrogen-bond donors (Lipinski definition) is 2. The lowest BCUT2D eigenvalue weighted by Crippen LogP contribution is -2.39. The Balaban J connectivity index is 1.50. The first-order valence-electron chi connectivity index (χ1n) is 10.1. The Hall–Kier alpha value is -2.57. The molecule has 1 aliphatic rings. The normalized spacial score (nSPS) is 15.6. The van der Waals surface area contributed by atoms with Crippen LogP contribution in [0.1, 0.15) is 29.7 Å². The van der Waals surface area contributed by atoms with Crippen molar-refractivity contribution >= 4 is 46.0 Å². The van der Waals surface area contributed by atoms with Crippen LogP contribution in [0.2, 0.25) is 10.0 Å². The van der Waals surface area contributed by atoms with Crippen molar-refractivity contribution in [3.8, 4) is 0 Å². The fourth-order valence-electron chi connectivity index (χ4n) is 4.37. The van der Waals surface area contributed by atoms with Crippen LogP contribution in [0.25, 0.3) is 10.9 Å². The van der Waals surface area contributed by atoms with E-state index >= 15 is 0 Å². The van der Waals surface area contributed by atoms with Gasteiger partial charge in [0.15, 0.2) is 0 Å². The molecule has 3 aromatic rings. The van der Waals surface area contributed by atoms with E-state index in [1.165, 1.54) is 12.1 Å². The summed E-state index contributed by atoms with van der Waals surface area (Å²) in [6.07, 6.45) is 2.51. The van der Waals surface area contributed by atoms with E-state index in [-0.39, 0.29) is 30.7 Å². The summed E-state index contributed by atoms with van der Waals surface area (Å²) < 4.78 is 15.6. The van der Waals surface area contributed by atoms with Gasteiger partial charge in [-0.3, -0.25) is 9.59 Å². The zero-order valence-electron chi connectivity index (χ0n) is 16.6. The van der Waals surface area contributed by atoms with Crippen LogP contribution in [0.4, 0.5) is 4.39 Å². The summed E-state index contributed by atoms with van der Waals surface area (Å²) in [5, 5.41) is 14.1. The smallest absolute Gasteiger partial charge is 0.323 e. The summed E-state index contributed by atoms with van der Waals surface area (Å²) in [6.45, 7) is -0.174. The summed E-state index contributed by atoms with van der Waals surface area (Å²) in [5.41, 5.74) is 3.26. The molecular formula is C23H21Cl2FN2O3. The highest BCUT2D eigenvalue weighted by atomic mass is 35.5. The van der Waals surface area contributed by atoms with Crippen molar-refractivity contribution < 1.29 is 19.1 Å². The lowest BCUT2D eigenvalue weighted by Gasteiger charge is -2.25. The lowest BCUT2D eigenvalue weighted by molar-refractivity contribution is -0.137. The molecule has 31 heavy (non-hydrogen) atoms. The number of aromatic nitrogens is 1. The standard InChI is InChI=1S/C23H21Cl2FN2O3/c24-18-2-1-3-19(25)15(18)6-9-22(29)27-14-5-8-21-17(11-14)16-10-13(26)4-7-20(16)28(21)12-23(30)31/h1-4,7,10,14H,5-6,8-9,11-12H2,(H,27,29)(H,30,31)/t14-/m0/s1. The van der Waals surface area contributed by atoms with Crippen molar-refractivity contribution in [2.24, 2.45) is 0 Å². The lowest BCUT2D eigenvalue weighted by atomic mass is 9.91. The Morgan fingerprint density at radius 2 is 1.94 bits per heavy atom. The Labute approximate surface area is 188 Å². The molecule has 1 amide bonds. The van der Waals surface area contributed by atoms with Gasteiger partial charge < -0.3 is 15.0 Å². The van der Waals surface area contributed by atoms with Gasteiger partial charge in [0.05, 0.1) is 0 Å². The molecule has 0 saturated carbocycles. The molecule has 8 heteroatoms. The minimum Gasteiger partial charge on any atom is -0.480 e. The van der Waals surface area contributed by atoms with Gasteiger partial charge in [0.1, 0.15) is 12.4 Å². The summed E-state index contributed by atoms with van der Waals surface area (Å²) >= 11 is 12.4. The van der Waals surface area contributed by atoms with Crippen molar-refractivity contribution in [2.75, 3.05) is 0 Å². The van der Waals surface area contributed by atoms with Crippen LogP contribution in [-0.2, 0) is 35.4 Å². The van der Waals surface area contributed by atoms with Crippen LogP contribution < -0.4 is 5.32 Å². The number of rotatable bonds is 6. The molecule has 5 nitrogen and oxygen atoms in total. The van der Waals surface area contributed by atoms with Crippen LogP contribution in [0.15, 0.2) is 36.4 Å². The minimum atomic E-state index is -0.947. The SMILES string of the molecule is O=C(O)Cn1c2c(c3cc(F)ccc31)C[C@@H](NC(=O)CCc1c(Cl)cccc1Cl)CC2. The molecule has 1 aliphatic carbocycles. The molecule has 2 aromatic carbocycles. The topological polar surface area (TPSA) is 71.3 Å². The highest BCUT2D eigenvalue weighted by molar-refractivity contribution is 6.36. The second-order valence-electron chi connectivity index (χ2n) is 7.77. The van der Waals surface area contributed by atoms with E-state index in [4.69, 9.17) is 23.2 Å². The maximum atomic E-state index is 13.9. The largest absolute Gasteiger partial charge is 0.480 e. The first-order valence-corrected chi connectivity index (χ1v) is 10.8. The Morgan fingerprint density at radius 3 is 2.65 bits per heavy atom. The van der Waals surface area contributed by atoms with Crippen molar-refractivity contribution in [1.29, 1.82) is 0 Å². The number of carboxylic acids is 1. The average Bonchev–Trinajstić information content (AvgIpc) is 2.99. The number of carboxylic acid groups (broad SMARTS) is 1. The predicted octanol–water partition coefficient (Wildman–Crippen LogP) is 4.78. The molecular weight excluding hydrogens is 442 g/mol. The Morgan fingerprint density at radius 1 is 1.19 bits per heavy atom. The monoisotopic (exact) mass is 462 g/mol. The predicted molar refractivity (Wildman–Crippen MR) is 118 cm³/mol. The second-order valence-corrected chi connectivity index (χ2v) is 8.59. The summed E-state index contributed by atoms with van der Waals surface area (Å²) in [4.78, 5) is 23.9. The number of benzene rings is 2. The van der Waals surface area contributed by atoms with Crippen molar-refractivity contribution in [1.82, 2.24) is 9.88 Å². The number of carbonyl (C=O) groups is 2. The highest BCUT2D eigenvalue weighted by Gasteiger charge is 2.27. The molecule has 0 fully saturated rings. The van der Waals surface area contributed by atoms with Gasteiger partial charge in [-0.05, 0) is 67.1 Å². The van der Waals surface area contributed by atoms with E-state index < -0.39 is 5.97 Å². The first kappa shape index (κ1) is 21.7. The van der Waals surface area contributed by atoms with Crippen molar-refractivity contribution in [2.45, 2.75) is 44.7 Å². The highest BCUT2D eigenvalue weighted by Crippen LogP contribution is 2.33. The molecule has 162 valence electrons. The summed E-state index contributed by atoms with van der Waals surface area (Å²) in [5.74, 6) is -1.42. The average molecular weight is 463 g/mol. The van der Waals surface area contributed by atoms with Gasteiger partial charge in [0, 0.05) is 39.1 Å². The summed E-state index contributed by atoms with van der Waals surface area (Å²) in [7, 11) is 0. The number of fused-ring (bicyclic) bond motifs is 3. The number of nitrogens with zero attached hydrogens (tertiary/aromatic N) is 1. The maximum absolute atomic E-state index is 13.9. The molecule has 0 saturated heterocycles. The molecule has 0 bridgehead atoms. The third-order valence-corrected chi connectivity index (χ3v) is 6.46. The van der Waals surface area contributed by atoms with Gasteiger partial charge in [-0.1, -0.05) is 29.3 Å². The van der Waals surface area contributed by atoms with E-state index in [1.54, 1.807) is 28.8 Å². The second kappa shape index (κ2) is 8.89. The van der Waals surface area contributed by atoms with Gasteiger partial charge >= 0.3 is 5.97 Å². The third-order valence-electron chi connectivity index (χ3n) is 5.75. The molecule has 0 unspecified atom stereocenters. The molecule has 0 spiro atoms. The van der Waals surface area contributed by atoms with E-state index in [0.29, 0.717) is 46.6 Å². The minimum absolute atomic E-state index is 0.103. The van der Waals surface area contributed by atoms with Crippen LogP contribution in [-0.4, -0.2) is 27.6 Å². The van der Waals surface area contributed by atoms with Crippen LogP contribution in [0.3, 0.4) is 0 Å². The Kier molecular flexibility index (Phi) is 6.21. The van der Waals surface area contributed by atoms with Gasteiger partial charge in [-0.15, -0.1) is 0 Å². The number of halogens is 3. The molecule has 1 heterocycles. The zero-order chi connectivity index (χ0) is 22.1. The fraction of sp³-hybridized carbons (Fsp3) is 0.304. The molecule has 2 N–H and O–H groups in total. The van der Waals surface area contributed by atoms with Gasteiger partial charge in [-0.25, -0.2) is 4.39 Å². The van der Waals surface area contributed by atoms with Crippen LogP contribution in [0, 0.1) is 5.82 Å². The number of amides is 1. The first-order chi connectivity index (χ1) is 14.8. The van der Waals surface area contributed by atoms with E-state index in [0.717, 1.165) is 16.8 Å². The van der Waals surface area contributed by atoms with Crippen molar-refractivity contribution in [3.05, 3.63) is 69.1 Å². The molecule has 0 aliphatic heterocycles. The number of hydrogen-bond acceptors (Lipinski definition) is 2. The third kappa shape index (κ3) is 4.55. The van der Waals surface area contributed by atoms with E-state index in [1.807, 2.05) is 0 Å². The quantitative estimate of drug-likeness (QED) is 0.553. The molecule has 4 rings (SSSR count). The van der Waals surface area contributed by atoms with Gasteiger partial charge in [0.25, 0.3) is 0 Å². The fourth-order valence-corrected chi connectivity index (χ4v) is 4.96. The zero-order valence-corrected chi connectivity index (χ0v) is 18.1. The molecule has 1 aromatic heterocycles. The maximum Gasteiger partial charge on any atom is 0.323 e. The molecule has 0 radical (unpaired) electrons. The van der Waals surface area contributed by atoms with Crippen molar-refractivity contribution in [3.63, 3.8) is 0 Å². The van der Waals surface area contributed by atoms with E-state index in [2.05, 4.69) is 5.32 Å².